The second-order valence-corrected chi connectivity index (χ2v) is 5.73. The zero-order valence-corrected chi connectivity index (χ0v) is 11.5. The lowest BCUT2D eigenvalue weighted by Gasteiger charge is -2.16. The van der Waals surface area contributed by atoms with Gasteiger partial charge in [-0.1, -0.05) is 23.7 Å². The summed E-state index contributed by atoms with van der Waals surface area (Å²) in [5, 5.41) is 3.08. The van der Waals surface area contributed by atoms with Gasteiger partial charge in [-0.3, -0.25) is 0 Å². The van der Waals surface area contributed by atoms with E-state index in [0.29, 0.717) is 4.34 Å². The Labute approximate surface area is 118 Å². The molecule has 102 valence electrons. The summed E-state index contributed by atoms with van der Waals surface area (Å²) in [4.78, 5) is 0.965. The Kier molecular flexibility index (Phi) is 4.18. The fourth-order valence-electron chi connectivity index (χ4n) is 1.82. The lowest BCUT2D eigenvalue weighted by molar-refractivity contribution is -0.137. The van der Waals surface area contributed by atoms with Gasteiger partial charge in [0.05, 0.1) is 15.9 Å². The maximum absolute atomic E-state index is 12.5. The minimum Gasteiger partial charge on any atom is -0.309 e. The van der Waals surface area contributed by atoms with E-state index in [0.717, 1.165) is 22.6 Å². The van der Waals surface area contributed by atoms with Crippen molar-refractivity contribution in [1.82, 2.24) is 5.32 Å². The number of thiophene rings is 1. The lowest BCUT2D eigenvalue weighted by atomic mass is 10.0. The highest BCUT2D eigenvalue weighted by Crippen LogP contribution is 2.33. The summed E-state index contributed by atoms with van der Waals surface area (Å²) in [6, 6.07) is 8.64. The summed E-state index contributed by atoms with van der Waals surface area (Å²) in [6.45, 7) is 0. The van der Waals surface area contributed by atoms with Crippen LogP contribution in [0.1, 0.15) is 22.0 Å². The summed E-state index contributed by atoms with van der Waals surface area (Å²) >= 11 is 7.28. The average Bonchev–Trinajstić information content (AvgIpc) is 2.76. The maximum atomic E-state index is 12.5. The first kappa shape index (κ1) is 14.4. The maximum Gasteiger partial charge on any atom is 0.416 e. The molecule has 0 aliphatic carbocycles. The number of hydrogen-bond acceptors (Lipinski definition) is 2. The molecule has 0 aliphatic heterocycles. The van der Waals surface area contributed by atoms with Crippen LogP contribution in [0.5, 0.6) is 0 Å². The highest BCUT2D eigenvalue weighted by molar-refractivity contribution is 7.16. The van der Waals surface area contributed by atoms with Crippen LogP contribution in [0.4, 0.5) is 13.2 Å². The van der Waals surface area contributed by atoms with Crippen LogP contribution < -0.4 is 5.32 Å². The average molecular weight is 306 g/mol. The Bertz CT molecular complexity index is 548. The predicted molar refractivity (Wildman–Crippen MR) is 71.7 cm³/mol. The Morgan fingerprint density at radius 3 is 2.16 bits per heavy atom. The quantitative estimate of drug-likeness (QED) is 0.864. The molecule has 2 aromatic rings. The van der Waals surface area contributed by atoms with Gasteiger partial charge in [0.25, 0.3) is 0 Å². The van der Waals surface area contributed by atoms with Crippen molar-refractivity contribution in [3.8, 4) is 0 Å². The van der Waals surface area contributed by atoms with Gasteiger partial charge in [-0.15, -0.1) is 11.3 Å². The van der Waals surface area contributed by atoms with Gasteiger partial charge in [0, 0.05) is 4.88 Å². The van der Waals surface area contributed by atoms with Crippen molar-refractivity contribution in [3.05, 3.63) is 56.7 Å². The van der Waals surface area contributed by atoms with Crippen molar-refractivity contribution in [1.29, 1.82) is 0 Å². The van der Waals surface area contributed by atoms with E-state index in [1.54, 1.807) is 13.1 Å². The van der Waals surface area contributed by atoms with Crippen LogP contribution >= 0.6 is 22.9 Å². The van der Waals surface area contributed by atoms with Crippen LogP contribution in [-0.2, 0) is 6.18 Å². The molecule has 19 heavy (non-hydrogen) atoms. The third kappa shape index (κ3) is 3.29. The van der Waals surface area contributed by atoms with E-state index in [1.807, 2.05) is 6.07 Å². The van der Waals surface area contributed by atoms with Crippen molar-refractivity contribution in [3.63, 3.8) is 0 Å². The van der Waals surface area contributed by atoms with Crippen LogP contribution in [0, 0.1) is 0 Å². The Morgan fingerprint density at radius 2 is 1.74 bits per heavy atom. The standard InChI is InChI=1S/C13H11ClF3NS/c1-18-12(10-6-7-11(14)19-10)8-2-4-9(5-3-8)13(15,16)17/h2-7,12,18H,1H3. The molecule has 0 spiro atoms. The van der Waals surface area contributed by atoms with Crippen molar-refractivity contribution in [2.45, 2.75) is 12.2 Å². The first-order valence-corrected chi connectivity index (χ1v) is 6.71. The van der Waals surface area contributed by atoms with Gasteiger partial charge in [0.2, 0.25) is 0 Å². The topological polar surface area (TPSA) is 12.0 Å². The van der Waals surface area contributed by atoms with Gasteiger partial charge >= 0.3 is 6.18 Å². The van der Waals surface area contributed by atoms with Crippen molar-refractivity contribution < 1.29 is 13.2 Å². The van der Waals surface area contributed by atoms with Crippen molar-refractivity contribution >= 4 is 22.9 Å². The van der Waals surface area contributed by atoms with Gasteiger partial charge in [-0.05, 0) is 36.9 Å². The molecule has 1 atom stereocenters. The van der Waals surface area contributed by atoms with Gasteiger partial charge in [-0.2, -0.15) is 13.2 Å². The highest BCUT2D eigenvalue weighted by atomic mass is 35.5. The minimum atomic E-state index is -4.31. The fourth-order valence-corrected chi connectivity index (χ4v) is 3.02. The van der Waals surface area contributed by atoms with Crippen LogP contribution in [0.2, 0.25) is 4.34 Å². The monoisotopic (exact) mass is 305 g/mol. The van der Waals surface area contributed by atoms with E-state index in [4.69, 9.17) is 11.6 Å². The third-order valence-corrected chi connectivity index (χ3v) is 4.03. The van der Waals surface area contributed by atoms with Gasteiger partial charge in [0.15, 0.2) is 0 Å². The zero-order chi connectivity index (χ0) is 14.0. The van der Waals surface area contributed by atoms with Crippen molar-refractivity contribution in [2.24, 2.45) is 0 Å². The highest BCUT2D eigenvalue weighted by Gasteiger charge is 2.30. The van der Waals surface area contributed by atoms with E-state index < -0.39 is 11.7 Å². The molecular formula is C13H11ClF3NS. The molecule has 2 rings (SSSR count). The smallest absolute Gasteiger partial charge is 0.309 e. The molecule has 1 heterocycles. The van der Waals surface area contributed by atoms with E-state index in [2.05, 4.69) is 5.32 Å². The molecule has 0 fully saturated rings. The number of halogens is 4. The molecule has 0 saturated carbocycles. The van der Waals surface area contributed by atoms with Gasteiger partial charge in [0.1, 0.15) is 0 Å². The molecule has 0 aliphatic rings. The van der Waals surface area contributed by atoms with Gasteiger partial charge in [-0.25, -0.2) is 0 Å². The summed E-state index contributed by atoms with van der Waals surface area (Å²) in [5.74, 6) is 0. The Balaban J connectivity index is 2.30. The molecule has 0 bridgehead atoms. The lowest BCUT2D eigenvalue weighted by Crippen LogP contribution is -2.16. The number of hydrogen-bond donors (Lipinski definition) is 1. The molecule has 6 heteroatoms. The molecule has 0 amide bonds. The van der Waals surface area contributed by atoms with E-state index >= 15 is 0 Å². The summed E-state index contributed by atoms with van der Waals surface area (Å²) in [6.07, 6.45) is -4.31. The van der Waals surface area contributed by atoms with Crippen LogP contribution in [0.25, 0.3) is 0 Å². The van der Waals surface area contributed by atoms with E-state index in [9.17, 15) is 13.2 Å². The van der Waals surface area contributed by atoms with E-state index in [1.165, 1.54) is 23.5 Å². The summed E-state index contributed by atoms with van der Waals surface area (Å²) in [7, 11) is 1.76. The SMILES string of the molecule is CNC(c1ccc(C(F)(F)F)cc1)c1ccc(Cl)s1. The molecule has 1 aromatic heterocycles. The van der Waals surface area contributed by atoms with Gasteiger partial charge < -0.3 is 5.32 Å². The molecule has 1 N–H and O–H groups in total. The molecule has 1 unspecified atom stereocenters. The second-order valence-electron chi connectivity index (χ2n) is 3.98. The van der Waals surface area contributed by atoms with Crippen LogP contribution in [0.15, 0.2) is 36.4 Å². The molecule has 1 nitrogen and oxygen atoms in total. The molecule has 0 saturated heterocycles. The second kappa shape index (κ2) is 5.53. The molecular weight excluding hydrogens is 295 g/mol. The molecule has 0 radical (unpaired) electrons. The minimum absolute atomic E-state index is 0.153. The predicted octanol–water partition coefficient (Wildman–Crippen LogP) is 4.73. The molecule has 1 aromatic carbocycles. The fraction of sp³-hybridized carbons (Fsp3) is 0.231. The third-order valence-electron chi connectivity index (χ3n) is 2.74. The summed E-state index contributed by atoms with van der Waals surface area (Å²) in [5.41, 5.74) is 0.129. The Hall–Kier alpha value is -1.04. The normalized spacial score (nSPS) is 13.5. The number of benzene rings is 1. The number of rotatable bonds is 3. The zero-order valence-electron chi connectivity index (χ0n) is 9.96. The number of nitrogens with one attached hydrogen (secondary N) is 1. The van der Waals surface area contributed by atoms with E-state index in [-0.39, 0.29) is 6.04 Å². The van der Waals surface area contributed by atoms with Crippen molar-refractivity contribution in [2.75, 3.05) is 7.05 Å². The summed E-state index contributed by atoms with van der Waals surface area (Å²) < 4.78 is 38.1. The van der Waals surface area contributed by atoms with Crippen LogP contribution in [-0.4, -0.2) is 7.05 Å². The first-order valence-electron chi connectivity index (χ1n) is 5.51. The van der Waals surface area contributed by atoms with Crippen LogP contribution in [0.3, 0.4) is 0 Å². The largest absolute Gasteiger partial charge is 0.416 e. The first-order chi connectivity index (χ1) is 8.91. The Morgan fingerprint density at radius 1 is 1.11 bits per heavy atom. The number of alkyl halides is 3.